The van der Waals surface area contributed by atoms with Gasteiger partial charge in [-0.05, 0) is 23.8 Å². The van der Waals surface area contributed by atoms with Crippen LogP contribution in [0.4, 0.5) is 17.6 Å². The van der Waals surface area contributed by atoms with Gasteiger partial charge < -0.3 is 5.73 Å². The van der Waals surface area contributed by atoms with Gasteiger partial charge in [0.25, 0.3) is 0 Å². The maximum atomic E-state index is 12.9. The zero-order valence-corrected chi connectivity index (χ0v) is 8.45. The van der Waals surface area contributed by atoms with Crippen LogP contribution in [0.1, 0.15) is 17.2 Å². The molecule has 2 N–H and O–H groups in total. The molecule has 0 heterocycles. The largest absolute Gasteiger partial charge is 0.416 e. The molecule has 0 aliphatic heterocycles. The first-order valence-corrected chi connectivity index (χ1v) is 4.72. The summed E-state index contributed by atoms with van der Waals surface area (Å²) in [6.45, 7) is 0. The van der Waals surface area contributed by atoms with E-state index in [1.165, 1.54) is 0 Å². The molecule has 0 aliphatic rings. The van der Waals surface area contributed by atoms with Gasteiger partial charge in [0.05, 0.1) is 5.56 Å². The van der Waals surface area contributed by atoms with Crippen LogP contribution in [0.25, 0.3) is 0 Å². The van der Waals surface area contributed by atoms with Crippen molar-refractivity contribution in [2.24, 2.45) is 5.73 Å². The second-order valence-corrected chi connectivity index (χ2v) is 3.43. The van der Waals surface area contributed by atoms with Gasteiger partial charge in [0, 0.05) is 11.8 Å². The van der Waals surface area contributed by atoms with E-state index in [9.17, 15) is 17.6 Å². The second-order valence-electron chi connectivity index (χ2n) is 3.06. The molecule has 1 atom stereocenters. The number of rotatable bonds is 2. The highest BCUT2D eigenvalue weighted by Crippen LogP contribution is 2.31. The van der Waals surface area contributed by atoms with Crippen LogP contribution >= 0.6 is 12.6 Å². The van der Waals surface area contributed by atoms with Gasteiger partial charge in [0.2, 0.25) is 0 Å². The van der Waals surface area contributed by atoms with Gasteiger partial charge in [-0.3, -0.25) is 0 Å². The average Bonchev–Trinajstić information content (AvgIpc) is 2.14. The third kappa shape index (κ3) is 3.10. The average molecular weight is 239 g/mol. The summed E-state index contributed by atoms with van der Waals surface area (Å²) in [7, 11) is 0. The van der Waals surface area contributed by atoms with E-state index < -0.39 is 23.6 Å². The minimum Gasteiger partial charge on any atom is -0.323 e. The summed E-state index contributed by atoms with van der Waals surface area (Å²) in [6, 6.07) is 1.56. The summed E-state index contributed by atoms with van der Waals surface area (Å²) in [6.07, 6.45) is -4.56. The van der Waals surface area contributed by atoms with Crippen LogP contribution in [-0.2, 0) is 6.18 Å². The van der Waals surface area contributed by atoms with Gasteiger partial charge in [0.1, 0.15) is 5.82 Å². The minimum absolute atomic E-state index is 0.0947. The molecule has 0 aliphatic carbocycles. The lowest BCUT2D eigenvalue weighted by Gasteiger charge is -2.12. The fourth-order valence-corrected chi connectivity index (χ4v) is 1.31. The highest BCUT2D eigenvalue weighted by atomic mass is 32.1. The van der Waals surface area contributed by atoms with E-state index in [2.05, 4.69) is 12.6 Å². The number of hydrogen-bond donors (Lipinski definition) is 2. The lowest BCUT2D eigenvalue weighted by Crippen LogP contribution is -2.14. The van der Waals surface area contributed by atoms with Crippen molar-refractivity contribution in [2.45, 2.75) is 12.2 Å². The van der Waals surface area contributed by atoms with E-state index in [-0.39, 0.29) is 11.3 Å². The molecule has 0 amide bonds. The molecular weight excluding hydrogens is 230 g/mol. The fourth-order valence-electron chi connectivity index (χ4n) is 1.10. The normalized spacial score (nSPS) is 14.0. The Kier molecular flexibility index (Phi) is 3.62. The number of hydrogen-bond acceptors (Lipinski definition) is 2. The van der Waals surface area contributed by atoms with Gasteiger partial charge in [-0.1, -0.05) is 0 Å². The molecular formula is C9H9F4NS. The molecule has 0 bridgehead atoms. The summed E-state index contributed by atoms with van der Waals surface area (Å²) < 4.78 is 49.7. The first-order chi connectivity index (χ1) is 6.84. The van der Waals surface area contributed by atoms with E-state index in [0.717, 1.165) is 12.1 Å². The first-order valence-electron chi connectivity index (χ1n) is 4.08. The molecule has 0 saturated heterocycles. The molecule has 1 aromatic carbocycles. The zero-order valence-electron chi connectivity index (χ0n) is 7.55. The van der Waals surface area contributed by atoms with E-state index in [1.807, 2.05) is 0 Å². The van der Waals surface area contributed by atoms with E-state index in [1.54, 1.807) is 0 Å². The van der Waals surface area contributed by atoms with Crippen LogP contribution in [0.15, 0.2) is 18.2 Å². The molecule has 1 nitrogen and oxygen atoms in total. The third-order valence-corrected chi connectivity index (χ3v) is 2.27. The molecule has 15 heavy (non-hydrogen) atoms. The minimum atomic E-state index is -4.56. The maximum Gasteiger partial charge on any atom is 0.416 e. The second kappa shape index (κ2) is 4.40. The topological polar surface area (TPSA) is 26.0 Å². The van der Waals surface area contributed by atoms with Gasteiger partial charge >= 0.3 is 6.18 Å². The fraction of sp³-hybridized carbons (Fsp3) is 0.333. The number of alkyl halides is 3. The number of thiol groups is 1. The predicted octanol–water partition coefficient (Wildman–Crippen LogP) is 2.77. The van der Waals surface area contributed by atoms with Crippen LogP contribution < -0.4 is 5.73 Å². The molecule has 0 radical (unpaired) electrons. The van der Waals surface area contributed by atoms with Gasteiger partial charge in [-0.15, -0.1) is 0 Å². The van der Waals surface area contributed by atoms with Crippen molar-refractivity contribution < 1.29 is 17.6 Å². The molecule has 0 saturated carbocycles. The van der Waals surface area contributed by atoms with E-state index in [4.69, 9.17) is 5.73 Å². The van der Waals surface area contributed by atoms with Gasteiger partial charge in [-0.25, -0.2) is 4.39 Å². The highest BCUT2D eigenvalue weighted by Gasteiger charge is 2.31. The van der Waals surface area contributed by atoms with Gasteiger partial charge in [0.15, 0.2) is 0 Å². The van der Waals surface area contributed by atoms with Crippen LogP contribution in [0, 0.1) is 5.82 Å². The lowest BCUT2D eigenvalue weighted by molar-refractivity contribution is -0.137. The number of benzene rings is 1. The van der Waals surface area contributed by atoms with Crippen molar-refractivity contribution in [1.29, 1.82) is 0 Å². The van der Waals surface area contributed by atoms with Crippen molar-refractivity contribution in [3.8, 4) is 0 Å². The Morgan fingerprint density at radius 2 is 1.87 bits per heavy atom. The van der Waals surface area contributed by atoms with Crippen molar-refractivity contribution in [1.82, 2.24) is 0 Å². The lowest BCUT2D eigenvalue weighted by atomic mass is 10.1. The van der Waals surface area contributed by atoms with Crippen LogP contribution in [0.2, 0.25) is 0 Å². The summed E-state index contributed by atoms with van der Waals surface area (Å²) in [5.41, 5.74) is 4.53. The standard InChI is InChI=1S/C9H9F4NS/c10-7-2-5(8(14)4-15)1-6(3-7)9(11,12)13/h1-3,8,15H,4,14H2. The monoisotopic (exact) mass is 239 g/mol. The van der Waals surface area contributed by atoms with Crippen LogP contribution in [0.5, 0.6) is 0 Å². The molecule has 0 fully saturated rings. The van der Waals surface area contributed by atoms with E-state index in [0.29, 0.717) is 6.07 Å². The Labute approximate surface area is 89.7 Å². The Bertz CT molecular complexity index is 350. The third-order valence-electron chi connectivity index (χ3n) is 1.87. The van der Waals surface area contributed by atoms with Crippen molar-refractivity contribution in [3.05, 3.63) is 35.1 Å². The Balaban J connectivity index is 3.17. The molecule has 6 heteroatoms. The summed E-state index contributed by atoms with van der Waals surface area (Å²) in [5.74, 6) is -0.794. The number of nitrogens with two attached hydrogens (primary N) is 1. The molecule has 84 valence electrons. The Hall–Kier alpha value is -0.750. The Morgan fingerprint density at radius 3 is 2.33 bits per heavy atom. The summed E-state index contributed by atoms with van der Waals surface area (Å²) >= 11 is 3.84. The molecule has 1 rings (SSSR count). The quantitative estimate of drug-likeness (QED) is 0.602. The van der Waals surface area contributed by atoms with Crippen LogP contribution in [0.3, 0.4) is 0 Å². The smallest absolute Gasteiger partial charge is 0.323 e. The van der Waals surface area contributed by atoms with Gasteiger partial charge in [-0.2, -0.15) is 25.8 Å². The molecule has 0 spiro atoms. The highest BCUT2D eigenvalue weighted by molar-refractivity contribution is 7.80. The predicted molar refractivity (Wildman–Crippen MR) is 52.2 cm³/mol. The molecule has 1 aromatic rings. The SMILES string of the molecule is NC(CS)c1cc(F)cc(C(F)(F)F)c1. The molecule has 1 unspecified atom stereocenters. The van der Waals surface area contributed by atoms with Crippen LogP contribution in [-0.4, -0.2) is 5.75 Å². The summed E-state index contributed by atoms with van der Waals surface area (Å²) in [4.78, 5) is 0. The summed E-state index contributed by atoms with van der Waals surface area (Å²) in [5, 5.41) is 0. The first kappa shape index (κ1) is 12.3. The van der Waals surface area contributed by atoms with Crippen molar-refractivity contribution in [2.75, 3.05) is 5.75 Å². The van der Waals surface area contributed by atoms with E-state index >= 15 is 0 Å². The number of halogens is 4. The van der Waals surface area contributed by atoms with Crippen molar-refractivity contribution in [3.63, 3.8) is 0 Å². The Morgan fingerprint density at radius 1 is 1.27 bits per heavy atom. The van der Waals surface area contributed by atoms with Crippen molar-refractivity contribution >= 4 is 12.6 Å². The maximum absolute atomic E-state index is 12.9. The zero-order chi connectivity index (χ0) is 11.6. The molecule has 0 aromatic heterocycles.